The van der Waals surface area contributed by atoms with Gasteiger partial charge in [-0.15, -0.1) is 0 Å². The zero-order chi connectivity index (χ0) is 20.0. The minimum atomic E-state index is 0.159. The Morgan fingerprint density at radius 2 is 2.07 bits per heavy atom. The Hall–Kier alpha value is -1.28. The third-order valence-electron chi connectivity index (χ3n) is 7.60. The van der Waals surface area contributed by atoms with E-state index >= 15 is 0 Å². The topological polar surface area (TPSA) is 65.5 Å². The lowest BCUT2D eigenvalue weighted by atomic mass is 9.79. The highest BCUT2D eigenvalue weighted by molar-refractivity contribution is 5.41. The lowest BCUT2D eigenvalue weighted by Gasteiger charge is -2.40. The highest BCUT2D eigenvalue weighted by atomic mass is 16.5. The Labute approximate surface area is 174 Å². The van der Waals surface area contributed by atoms with Gasteiger partial charge in [0.05, 0.1) is 23.4 Å². The first-order valence-electron chi connectivity index (χ1n) is 11.5. The predicted octanol–water partition coefficient (Wildman–Crippen LogP) is 2.26. The number of nitrogens with one attached hydrogen (secondary N) is 2. The van der Waals surface area contributed by atoms with Crippen molar-refractivity contribution in [1.82, 2.24) is 25.7 Å². The Kier molecular flexibility index (Phi) is 5.26. The molecule has 0 bridgehead atoms. The molecule has 2 aliphatic carbocycles. The van der Waals surface area contributed by atoms with Gasteiger partial charge in [0.1, 0.15) is 12.1 Å². The molecule has 7 nitrogen and oxygen atoms in total. The molecule has 1 aromatic rings. The van der Waals surface area contributed by atoms with Crippen LogP contribution >= 0.6 is 0 Å². The van der Waals surface area contributed by atoms with Crippen LogP contribution < -0.4 is 15.8 Å². The van der Waals surface area contributed by atoms with Gasteiger partial charge in [-0.3, -0.25) is 10.3 Å². The Morgan fingerprint density at radius 1 is 1.21 bits per heavy atom. The van der Waals surface area contributed by atoms with Gasteiger partial charge in [0.25, 0.3) is 0 Å². The number of likely N-dealkylation sites (N-methyl/N-ethyl adjacent to an activating group) is 1. The minimum Gasteiger partial charge on any atom is -0.372 e. The highest BCUT2D eigenvalue weighted by Gasteiger charge is 2.46. The third-order valence-corrected chi connectivity index (χ3v) is 7.60. The second-order valence-electron chi connectivity index (χ2n) is 9.76. The van der Waals surface area contributed by atoms with Crippen molar-refractivity contribution in [3.05, 3.63) is 18.1 Å². The molecule has 2 N–H and O–H groups in total. The van der Waals surface area contributed by atoms with Crippen molar-refractivity contribution in [2.45, 2.75) is 82.7 Å². The van der Waals surface area contributed by atoms with Crippen molar-refractivity contribution in [2.24, 2.45) is 5.92 Å². The smallest absolute Gasteiger partial charge is 0.132 e. The average molecular weight is 401 g/mol. The molecule has 5 atom stereocenters. The van der Waals surface area contributed by atoms with E-state index in [1.165, 1.54) is 19.3 Å². The number of rotatable bonds is 5. The largest absolute Gasteiger partial charge is 0.372 e. The normalized spacial score (nSPS) is 36.8. The Bertz CT molecular complexity index is 725. The zero-order valence-electron chi connectivity index (χ0n) is 18.1. The minimum absolute atomic E-state index is 0.159. The molecule has 2 saturated heterocycles. The van der Waals surface area contributed by atoms with Crippen molar-refractivity contribution in [1.29, 1.82) is 0 Å². The van der Waals surface area contributed by atoms with Gasteiger partial charge in [0, 0.05) is 43.7 Å². The number of fused-ring (bicyclic) bond motifs is 1. The van der Waals surface area contributed by atoms with Crippen LogP contribution in [0.3, 0.4) is 0 Å². The van der Waals surface area contributed by atoms with Gasteiger partial charge in [0.15, 0.2) is 0 Å². The van der Waals surface area contributed by atoms with Crippen LogP contribution in [0.4, 0.5) is 5.82 Å². The molecule has 5 rings (SSSR count). The van der Waals surface area contributed by atoms with E-state index in [9.17, 15) is 0 Å². The van der Waals surface area contributed by atoms with Gasteiger partial charge in [-0.1, -0.05) is 6.92 Å². The quantitative estimate of drug-likeness (QED) is 0.786. The Morgan fingerprint density at radius 3 is 2.83 bits per heavy atom. The summed E-state index contributed by atoms with van der Waals surface area (Å²) in [4.78, 5) is 14.3. The van der Waals surface area contributed by atoms with E-state index in [0.717, 1.165) is 50.5 Å². The maximum atomic E-state index is 6.43. The van der Waals surface area contributed by atoms with Crippen LogP contribution in [0.1, 0.15) is 64.6 Å². The van der Waals surface area contributed by atoms with Crippen LogP contribution in [0.15, 0.2) is 12.4 Å². The number of nitrogens with zero attached hydrogens (tertiary/aromatic N) is 4. The monoisotopic (exact) mass is 400 g/mol. The molecule has 0 radical (unpaired) electrons. The van der Waals surface area contributed by atoms with Crippen molar-refractivity contribution < 1.29 is 4.74 Å². The summed E-state index contributed by atoms with van der Waals surface area (Å²) >= 11 is 0. The fraction of sp³-hybridized carbons (Fsp3) is 0.818. The van der Waals surface area contributed by atoms with Crippen LogP contribution in [0.25, 0.3) is 0 Å². The van der Waals surface area contributed by atoms with Crippen LogP contribution in [-0.4, -0.2) is 64.8 Å². The molecule has 0 aromatic carbocycles. The average Bonchev–Trinajstić information content (AvgIpc) is 3.30. The van der Waals surface area contributed by atoms with Crippen molar-refractivity contribution in [3.63, 3.8) is 0 Å². The molecule has 29 heavy (non-hydrogen) atoms. The Balaban J connectivity index is 1.29. The van der Waals surface area contributed by atoms with Crippen molar-refractivity contribution in [2.75, 3.05) is 31.1 Å². The fourth-order valence-electron chi connectivity index (χ4n) is 5.49. The molecular formula is C22H36N6O. The van der Waals surface area contributed by atoms with Gasteiger partial charge in [-0.25, -0.2) is 15.4 Å². The summed E-state index contributed by atoms with van der Waals surface area (Å²) in [5.41, 5.74) is 8.35. The molecule has 7 heteroatoms. The lowest BCUT2D eigenvalue weighted by molar-refractivity contribution is -0.0500. The van der Waals surface area contributed by atoms with E-state index in [1.54, 1.807) is 6.33 Å². The van der Waals surface area contributed by atoms with Crippen LogP contribution in [0.2, 0.25) is 0 Å². The molecule has 2 saturated carbocycles. The predicted molar refractivity (Wildman–Crippen MR) is 114 cm³/mol. The molecule has 0 spiro atoms. The second-order valence-corrected chi connectivity index (χ2v) is 9.76. The summed E-state index contributed by atoms with van der Waals surface area (Å²) in [5, 5.41) is 0. The third kappa shape index (κ3) is 4.02. The van der Waals surface area contributed by atoms with Crippen LogP contribution in [0.5, 0.6) is 0 Å². The molecule has 4 aliphatic rings. The summed E-state index contributed by atoms with van der Waals surface area (Å²) in [6.07, 6.45) is 8.01. The van der Waals surface area contributed by atoms with Gasteiger partial charge < -0.3 is 9.64 Å². The molecule has 160 valence electrons. The fourth-order valence-corrected chi connectivity index (χ4v) is 5.49. The van der Waals surface area contributed by atoms with Gasteiger partial charge in [-0.2, -0.15) is 0 Å². The SMILES string of the molecule is CCN1CCN(c2cc(C3NNC4CCC(OC5(C)CC5)CC43)ncn2)C[C@@H]1C. The number of aromatic nitrogens is 2. The zero-order valence-corrected chi connectivity index (χ0v) is 18.1. The standard InChI is InChI=1S/C22H36N6O/c1-4-27-9-10-28(13-15(27)2)20-12-19(23-14-24-20)21-17-11-16(29-22(3)7-8-22)5-6-18(17)25-26-21/h12,14-18,21,25-26H,4-11,13H2,1-3H3/t15-,16?,17?,18?,21?/m0/s1. The van der Waals surface area contributed by atoms with E-state index in [1.807, 2.05) is 0 Å². The molecule has 2 aliphatic heterocycles. The van der Waals surface area contributed by atoms with E-state index in [-0.39, 0.29) is 11.6 Å². The van der Waals surface area contributed by atoms with E-state index < -0.39 is 0 Å². The first kappa shape index (κ1) is 19.7. The number of hydrogen-bond acceptors (Lipinski definition) is 7. The van der Waals surface area contributed by atoms with Crippen molar-refractivity contribution >= 4 is 5.82 Å². The summed E-state index contributed by atoms with van der Waals surface area (Å²) in [7, 11) is 0. The molecule has 0 amide bonds. The number of ether oxygens (including phenoxy) is 1. The van der Waals surface area contributed by atoms with E-state index in [4.69, 9.17) is 4.74 Å². The van der Waals surface area contributed by atoms with Gasteiger partial charge >= 0.3 is 0 Å². The summed E-state index contributed by atoms with van der Waals surface area (Å²) in [5.74, 6) is 1.59. The molecular weight excluding hydrogens is 364 g/mol. The first-order valence-corrected chi connectivity index (χ1v) is 11.5. The van der Waals surface area contributed by atoms with Gasteiger partial charge in [0.2, 0.25) is 0 Å². The summed E-state index contributed by atoms with van der Waals surface area (Å²) < 4.78 is 6.43. The summed E-state index contributed by atoms with van der Waals surface area (Å²) in [6.45, 7) is 11.1. The van der Waals surface area contributed by atoms with Gasteiger partial charge in [-0.05, 0) is 52.5 Å². The van der Waals surface area contributed by atoms with E-state index in [2.05, 4.69) is 57.5 Å². The molecule has 4 unspecified atom stereocenters. The number of hydrogen-bond donors (Lipinski definition) is 2. The molecule has 1 aromatic heterocycles. The maximum absolute atomic E-state index is 6.43. The van der Waals surface area contributed by atoms with E-state index in [0.29, 0.717) is 24.1 Å². The van der Waals surface area contributed by atoms with Crippen molar-refractivity contribution in [3.8, 4) is 0 Å². The van der Waals surface area contributed by atoms with Crippen LogP contribution in [-0.2, 0) is 4.74 Å². The van der Waals surface area contributed by atoms with Crippen LogP contribution in [0, 0.1) is 5.92 Å². The highest BCUT2D eigenvalue weighted by Crippen LogP contribution is 2.45. The number of hydrazine groups is 1. The first-order chi connectivity index (χ1) is 14.0. The number of anilines is 1. The summed E-state index contributed by atoms with van der Waals surface area (Å²) in [6, 6.07) is 3.51. The second kappa shape index (κ2) is 7.76. The lowest BCUT2D eigenvalue weighted by Crippen LogP contribution is -2.52. The maximum Gasteiger partial charge on any atom is 0.132 e. The molecule has 4 fully saturated rings. The molecule has 3 heterocycles. The number of piperazine rings is 1.